The van der Waals surface area contributed by atoms with Crippen LogP contribution in [0.2, 0.25) is 0 Å². The predicted molar refractivity (Wildman–Crippen MR) is 96.6 cm³/mol. The zero-order valence-corrected chi connectivity index (χ0v) is 14.7. The van der Waals surface area contributed by atoms with Crippen LogP contribution in [-0.2, 0) is 6.54 Å². The summed E-state index contributed by atoms with van der Waals surface area (Å²) in [5.41, 5.74) is 6.69. The van der Waals surface area contributed by atoms with Crippen LogP contribution in [0.1, 0.15) is 22.3 Å². The van der Waals surface area contributed by atoms with Gasteiger partial charge in [-0.25, -0.2) is 4.98 Å². The SMILES string of the molecule is Cc1ccc(C)c(OC[C@H](O)Cn2cnc3cc(C)c(C)cc32)c1. The summed E-state index contributed by atoms with van der Waals surface area (Å²) in [4.78, 5) is 4.43. The van der Waals surface area contributed by atoms with Gasteiger partial charge in [0.15, 0.2) is 0 Å². The van der Waals surface area contributed by atoms with E-state index in [1.165, 1.54) is 11.1 Å². The average Bonchev–Trinajstić information content (AvgIpc) is 2.91. The summed E-state index contributed by atoms with van der Waals surface area (Å²) in [6.45, 7) is 8.94. The molecule has 0 saturated carbocycles. The van der Waals surface area contributed by atoms with Crippen molar-refractivity contribution in [2.75, 3.05) is 6.61 Å². The van der Waals surface area contributed by atoms with Crippen molar-refractivity contribution in [1.29, 1.82) is 0 Å². The van der Waals surface area contributed by atoms with E-state index in [9.17, 15) is 5.11 Å². The summed E-state index contributed by atoms with van der Waals surface area (Å²) >= 11 is 0. The second kappa shape index (κ2) is 6.65. The van der Waals surface area contributed by atoms with Crippen LogP contribution in [0.5, 0.6) is 5.75 Å². The first kappa shape index (κ1) is 16.5. The van der Waals surface area contributed by atoms with Crippen molar-refractivity contribution in [1.82, 2.24) is 9.55 Å². The van der Waals surface area contributed by atoms with Gasteiger partial charge in [-0.05, 0) is 68.1 Å². The van der Waals surface area contributed by atoms with Gasteiger partial charge in [0.1, 0.15) is 18.5 Å². The molecule has 3 rings (SSSR count). The number of aliphatic hydroxyl groups excluding tert-OH is 1. The van der Waals surface area contributed by atoms with Crippen LogP contribution in [0.4, 0.5) is 0 Å². The summed E-state index contributed by atoms with van der Waals surface area (Å²) in [7, 11) is 0. The van der Waals surface area contributed by atoms with Gasteiger partial charge in [-0.15, -0.1) is 0 Å². The summed E-state index contributed by atoms with van der Waals surface area (Å²) < 4.78 is 7.78. The first-order chi connectivity index (χ1) is 11.4. The minimum absolute atomic E-state index is 0.259. The van der Waals surface area contributed by atoms with Gasteiger partial charge >= 0.3 is 0 Å². The number of benzene rings is 2. The van der Waals surface area contributed by atoms with Gasteiger partial charge < -0.3 is 14.4 Å². The Morgan fingerprint density at radius 3 is 2.58 bits per heavy atom. The first-order valence-corrected chi connectivity index (χ1v) is 8.24. The lowest BCUT2D eigenvalue weighted by Crippen LogP contribution is -2.23. The van der Waals surface area contributed by atoms with Crippen LogP contribution in [-0.4, -0.2) is 27.4 Å². The highest BCUT2D eigenvalue weighted by atomic mass is 16.5. The number of imidazole rings is 1. The third-order valence-corrected chi connectivity index (χ3v) is 4.42. The summed E-state index contributed by atoms with van der Waals surface area (Å²) in [5, 5.41) is 10.4. The highest BCUT2D eigenvalue weighted by molar-refractivity contribution is 5.77. The minimum atomic E-state index is -0.594. The van der Waals surface area contributed by atoms with E-state index in [2.05, 4.69) is 37.0 Å². The van der Waals surface area contributed by atoms with Crippen molar-refractivity contribution >= 4 is 11.0 Å². The lowest BCUT2D eigenvalue weighted by Gasteiger charge is -2.15. The van der Waals surface area contributed by atoms with E-state index in [0.29, 0.717) is 6.54 Å². The molecule has 1 atom stereocenters. The monoisotopic (exact) mass is 324 g/mol. The normalized spacial score (nSPS) is 12.5. The van der Waals surface area contributed by atoms with Crippen molar-refractivity contribution in [2.45, 2.75) is 40.3 Å². The molecule has 1 heterocycles. The molecular weight excluding hydrogens is 300 g/mol. The van der Waals surface area contributed by atoms with Crippen molar-refractivity contribution in [3.63, 3.8) is 0 Å². The van der Waals surface area contributed by atoms with Crippen LogP contribution < -0.4 is 4.74 Å². The van der Waals surface area contributed by atoms with Crippen LogP contribution in [0, 0.1) is 27.7 Å². The maximum atomic E-state index is 10.4. The zero-order chi connectivity index (χ0) is 17.3. The fourth-order valence-electron chi connectivity index (χ4n) is 2.79. The van der Waals surface area contributed by atoms with E-state index in [1.807, 2.05) is 30.5 Å². The Morgan fingerprint density at radius 1 is 1.04 bits per heavy atom. The number of aryl methyl sites for hydroxylation is 4. The van der Waals surface area contributed by atoms with Crippen LogP contribution in [0.15, 0.2) is 36.7 Å². The molecule has 0 saturated heterocycles. The molecule has 0 aliphatic carbocycles. The van der Waals surface area contributed by atoms with Crippen LogP contribution in [0.25, 0.3) is 11.0 Å². The molecule has 1 aromatic heterocycles. The average molecular weight is 324 g/mol. The largest absolute Gasteiger partial charge is 0.491 e. The van der Waals surface area contributed by atoms with Gasteiger partial charge in [0.05, 0.1) is 23.9 Å². The van der Waals surface area contributed by atoms with Gasteiger partial charge in [-0.2, -0.15) is 0 Å². The maximum Gasteiger partial charge on any atom is 0.122 e. The molecule has 0 spiro atoms. The van der Waals surface area contributed by atoms with Crippen LogP contribution in [0.3, 0.4) is 0 Å². The van der Waals surface area contributed by atoms with Crippen molar-refractivity contribution < 1.29 is 9.84 Å². The number of fused-ring (bicyclic) bond motifs is 1. The molecular formula is C20H24N2O2. The van der Waals surface area contributed by atoms with Crippen molar-refractivity contribution in [3.05, 3.63) is 58.9 Å². The van der Waals surface area contributed by atoms with Gasteiger partial charge in [0.25, 0.3) is 0 Å². The molecule has 4 heteroatoms. The summed E-state index contributed by atoms with van der Waals surface area (Å²) in [5.74, 6) is 0.830. The smallest absolute Gasteiger partial charge is 0.122 e. The Morgan fingerprint density at radius 2 is 1.79 bits per heavy atom. The Bertz CT molecular complexity index is 867. The van der Waals surface area contributed by atoms with Gasteiger partial charge in [-0.3, -0.25) is 0 Å². The summed E-state index contributed by atoms with van der Waals surface area (Å²) in [6.07, 6.45) is 1.19. The number of aliphatic hydroxyl groups is 1. The molecule has 0 radical (unpaired) electrons. The Balaban J connectivity index is 1.70. The molecule has 1 N–H and O–H groups in total. The summed E-state index contributed by atoms with van der Waals surface area (Å²) in [6, 6.07) is 10.3. The lowest BCUT2D eigenvalue weighted by molar-refractivity contribution is 0.0930. The molecule has 24 heavy (non-hydrogen) atoms. The van der Waals surface area contributed by atoms with Gasteiger partial charge in [-0.1, -0.05) is 12.1 Å². The number of rotatable bonds is 5. The first-order valence-electron chi connectivity index (χ1n) is 8.24. The Hall–Kier alpha value is -2.33. The lowest BCUT2D eigenvalue weighted by atomic mass is 10.1. The Labute approximate surface area is 142 Å². The van der Waals surface area contributed by atoms with E-state index in [4.69, 9.17) is 4.74 Å². The fourth-order valence-corrected chi connectivity index (χ4v) is 2.79. The van der Waals surface area contributed by atoms with E-state index in [1.54, 1.807) is 6.33 Å². The molecule has 0 bridgehead atoms. The molecule has 3 aromatic rings. The molecule has 126 valence electrons. The maximum absolute atomic E-state index is 10.4. The molecule has 0 unspecified atom stereocenters. The number of nitrogens with zero attached hydrogens (tertiary/aromatic N) is 2. The van der Waals surface area contributed by atoms with E-state index >= 15 is 0 Å². The molecule has 0 aliphatic heterocycles. The second-order valence-electron chi connectivity index (χ2n) is 6.56. The molecule has 0 aliphatic rings. The number of aromatic nitrogens is 2. The molecule has 2 aromatic carbocycles. The predicted octanol–water partition coefficient (Wildman–Crippen LogP) is 3.71. The van der Waals surface area contributed by atoms with E-state index in [-0.39, 0.29) is 6.61 Å². The van der Waals surface area contributed by atoms with E-state index in [0.717, 1.165) is 27.9 Å². The Kier molecular flexibility index (Phi) is 4.58. The minimum Gasteiger partial charge on any atom is -0.491 e. The number of hydrogen-bond acceptors (Lipinski definition) is 3. The fraction of sp³-hybridized carbons (Fsp3) is 0.350. The van der Waals surface area contributed by atoms with Crippen molar-refractivity contribution in [2.24, 2.45) is 0 Å². The van der Waals surface area contributed by atoms with Gasteiger partial charge in [0, 0.05) is 0 Å². The molecule has 0 amide bonds. The standard InChI is InChI=1S/C20H24N2O2/c1-13-5-6-14(2)20(7-13)24-11-17(23)10-22-12-21-18-8-15(3)16(4)9-19(18)22/h5-9,12,17,23H,10-11H2,1-4H3/t17-/m1/s1. The quantitative estimate of drug-likeness (QED) is 0.778. The third-order valence-electron chi connectivity index (χ3n) is 4.42. The number of ether oxygens (including phenoxy) is 1. The topological polar surface area (TPSA) is 47.3 Å². The van der Waals surface area contributed by atoms with E-state index < -0.39 is 6.10 Å². The molecule has 4 nitrogen and oxygen atoms in total. The molecule has 0 fully saturated rings. The zero-order valence-electron chi connectivity index (χ0n) is 14.7. The van der Waals surface area contributed by atoms with Crippen molar-refractivity contribution in [3.8, 4) is 5.75 Å². The number of hydrogen-bond donors (Lipinski definition) is 1. The van der Waals surface area contributed by atoms with Gasteiger partial charge in [0.2, 0.25) is 0 Å². The second-order valence-corrected chi connectivity index (χ2v) is 6.56. The highest BCUT2D eigenvalue weighted by Gasteiger charge is 2.11. The third kappa shape index (κ3) is 3.44. The van der Waals surface area contributed by atoms with Crippen LogP contribution >= 0.6 is 0 Å². The highest BCUT2D eigenvalue weighted by Crippen LogP contribution is 2.21.